The minimum absolute atomic E-state index is 0.822. The topological polar surface area (TPSA) is 33.2 Å². The Hall–Kier alpha value is -6.28. The molecule has 1 heterocycles. The molecule has 0 fully saturated rings. The molecule has 0 N–H and O–H groups in total. The van der Waals surface area contributed by atoms with E-state index in [-0.39, 0.29) is 0 Å². The molecular formula is C47H33N2OP. The van der Waals surface area contributed by atoms with Gasteiger partial charge in [0.2, 0.25) is 0 Å². The van der Waals surface area contributed by atoms with E-state index in [1.165, 1.54) is 0 Å². The number of aromatic nitrogens is 1. The molecule has 0 bridgehead atoms. The summed E-state index contributed by atoms with van der Waals surface area (Å²) < 4.78 is 15.6. The molecule has 0 aliphatic heterocycles. The molecule has 51 heavy (non-hydrogen) atoms. The second kappa shape index (κ2) is 12.9. The lowest BCUT2D eigenvalue weighted by Gasteiger charge is -2.26. The van der Waals surface area contributed by atoms with Crippen LogP contribution in [0.2, 0.25) is 0 Å². The molecule has 0 amide bonds. The normalized spacial score (nSPS) is 11.6. The summed E-state index contributed by atoms with van der Waals surface area (Å²) in [6.45, 7) is 0. The van der Waals surface area contributed by atoms with E-state index in [0.29, 0.717) is 0 Å². The van der Waals surface area contributed by atoms with Crippen molar-refractivity contribution in [1.82, 2.24) is 4.98 Å². The lowest BCUT2D eigenvalue weighted by atomic mass is 9.95. The van der Waals surface area contributed by atoms with E-state index in [1.54, 1.807) is 0 Å². The van der Waals surface area contributed by atoms with E-state index in [2.05, 4.69) is 120 Å². The van der Waals surface area contributed by atoms with Gasteiger partial charge in [-0.2, -0.15) is 0 Å². The Balaban J connectivity index is 1.30. The second-order valence-corrected chi connectivity index (χ2v) is 15.4. The smallest absolute Gasteiger partial charge is 0.171 e. The van der Waals surface area contributed by atoms with Crippen molar-refractivity contribution in [2.24, 2.45) is 0 Å². The molecule has 9 aromatic rings. The number of pyridine rings is 1. The van der Waals surface area contributed by atoms with Crippen LogP contribution in [-0.2, 0) is 4.57 Å². The van der Waals surface area contributed by atoms with Crippen LogP contribution in [0.3, 0.4) is 0 Å². The van der Waals surface area contributed by atoms with Gasteiger partial charge in [-0.25, -0.2) is 4.98 Å². The van der Waals surface area contributed by atoms with Gasteiger partial charge in [0, 0.05) is 54.7 Å². The van der Waals surface area contributed by atoms with Gasteiger partial charge in [0.05, 0.1) is 11.2 Å². The molecule has 0 aliphatic carbocycles. The number of fused-ring (bicyclic) bond motifs is 5. The van der Waals surface area contributed by atoms with Gasteiger partial charge in [-0.15, -0.1) is 0 Å². The third-order valence-corrected chi connectivity index (χ3v) is 12.8. The van der Waals surface area contributed by atoms with E-state index in [9.17, 15) is 0 Å². The van der Waals surface area contributed by atoms with Gasteiger partial charge in [-0.05, 0) is 53.2 Å². The Morgan fingerprint density at radius 2 is 0.922 bits per heavy atom. The summed E-state index contributed by atoms with van der Waals surface area (Å²) in [5, 5.41) is 7.75. The number of para-hydroxylation sites is 3. The van der Waals surface area contributed by atoms with Crippen LogP contribution >= 0.6 is 7.14 Å². The van der Waals surface area contributed by atoms with Gasteiger partial charge in [0.1, 0.15) is 0 Å². The van der Waals surface area contributed by atoms with Crippen molar-refractivity contribution < 1.29 is 4.57 Å². The van der Waals surface area contributed by atoms with Gasteiger partial charge < -0.3 is 9.46 Å². The molecule has 0 spiro atoms. The molecule has 8 aromatic carbocycles. The van der Waals surface area contributed by atoms with Gasteiger partial charge >= 0.3 is 0 Å². The van der Waals surface area contributed by atoms with Gasteiger partial charge in [0.25, 0.3) is 0 Å². The molecule has 0 atom stereocenters. The first-order valence-corrected chi connectivity index (χ1v) is 18.9. The summed E-state index contributed by atoms with van der Waals surface area (Å²) in [7, 11) is -3.23. The fourth-order valence-corrected chi connectivity index (χ4v) is 10.3. The standard InChI is InChI=1S/C47H33N2OP/c50-51(38-23-9-3-10-24-38,39-25-11-4-12-26-39)45-30-16-28-41-40(45)31-32-43-46(41)42-27-13-14-29-44(42)48-47(43)34-17-15-22-37(33-34)49(35-18-5-1-6-19-35)36-20-7-2-8-21-36/h1-33H. The number of benzene rings is 8. The van der Waals surface area contributed by atoms with Crippen LogP contribution < -0.4 is 20.8 Å². The highest BCUT2D eigenvalue weighted by atomic mass is 31.2. The Morgan fingerprint density at radius 1 is 0.412 bits per heavy atom. The molecule has 0 saturated heterocycles. The predicted molar refractivity (Wildman–Crippen MR) is 216 cm³/mol. The maximum atomic E-state index is 15.6. The van der Waals surface area contributed by atoms with E-state index in [4.69, 9.17) is 4.98 Å². The molecule has 1 aromatic heterocycles. The maximum Gasteiger partial charge on any atom is 0.171 e. The van der Waals surface area contributed by atoms with Crippen LogP contribution in [0.5, 0.6) is 0 Å². The van der Waals surface area contributed by atoms with Crippen molar-refractivity contribution in [3.05, 3.63) is 200 Å². The fourth-order valence-electron chi connectivity index (χ4n) is 7.38. The average Bonchev–Trinajstić information content (AvgIpc) is 3.21. The lowest BCUT2D eigenvalue weighted by Crippen LogP contribution is -2.25. The minimum atomic E-state index is -3.23. The molecule has 242 valence electrons. The molecule has 0 aliphatic rings. The maximum absolute atomic E-state index is 15.6. The molecular weight excluding hydrogens is 640 g/mol. The zero-order valence-electron chi connectivity index (χ0n) is 27.8. The SMILES string of the molecule is O=P(c1ccccc1)(c1ccccc1)c1cccc2c1ccc1c(-c3cccc(N(c4ccccc4)c4ccccc4)c3)nc3ccccc3c12. The van der Waals surface area contributed by atoms with Crippen LogP contribution in [0, 0.1) is 0 Å². The first-order valence-electron chi connectivity index (χ1n) is 17.2. The van der Waals surface area contributed by atoms with Crippen molar-refractivity contribution in [3.63, 3.8) is 0 Å². The van der Waals surface area contributed by atoms with Crippen LogP contribution in [0.25, 0.3) is 43.7 Å². The predicted octanol–water partition coefficient (Wildman–Crippen LogP) is 11.3. The van der Waals surface area contributed by atoms with E-state index in [1.807, 2.05) is 84.9 Å². The highest BCUT2D eigenvalue weighted by Crippen LogP contribution is 2.46. The van der Waals surface area contributed by atoms with E-state index >= 15 is 4.57 Å². The summed E-state index contributed by atoms with van der Waals surface area (Å²) in [6, 6.07) is 68.3. The van der Waals surface area contributed by atoms with Crippen molar-refractivity contribution in [2.75, 3.05) is 4.90 Å². The highest BCUT2D eigenvalue weighted by molar-refractivity contribution is 7.85. The largest absolute Gasteiger partial charge is 0.310 e. The Labute approximate surface area is 297 Å². The minimum Gasteiger partial charge on any atom is -0.310 e. The molecule has 9 rings (SSSR count). The molecule has 0 radical (unpaired) electrons. The highest BCUT2D eigenvalue weighted by Gasteiger charge is 2.31. The number of anilines is 3. The van der Waals surface area contributed by atoms with Crippen molar-refractivity contribution in [2.45, 2.75) is 0 Å². The summed E-state index contributed by atoms with van der Waals surface area (Å²) in [5.74, 6) is 0. The van der Waals surface area contributed by atoms with Gasteiger partial charge in [0.15, 0.2) is 7.14 Å². The number of nitrogens with zero attached hydrogens (tertiary/aromatic N) is 2. The van der Waals surface area contributed by atoms with Crippen LogP contribution in [0.1, 0.15) is 0 Å². The van der Waals surface area contributed by atoms with Crippen LogP contribution in [-0.4, -0.2) is 4.98 Å². The quantitative estimate of drug-likeness (QED) is 0.125. The first-order chi connectivity index (χ1) is 25.2. The van der Waals surface area contributed by atoms with E-state index in [0.717, 1.165) is 76.7 Å². The Bertz CT molecular complexity index is 2630. The van der Waals surface area contributed by atoms with E-state index < -0.39 is 7.14 Å². The summed E-state index contributed by atoms with van der Waals surface area (Å²) in [5.41, 5.74) is 6.06. The van der Waals surface area contributed by atoms with Crippen molar-refractivity contribution >= 4 is 72.6 Å². The van der Waals surface area contributed by atoms with Gasteiger partial charge in [-0.3, -0.25) is 0 Å². The fraction of sp³-hybridized carbons (Fsp3) is 0. The first kappa shape index (κ1) is 30.8. The molecule has 0 saturated carbocycles. The average molecular weight is 673 g/mol. The number of rotatable bonds is 7. The molecule has 3 nitrogen and oxygen atoms in total. The Kier molecular flexibility index (Phi) is 7.76. The monoisotopic (exact) mass is 672 g/mol. The number of hydrogen-bond acceptors (Lipinski definition) is 3. The molecule has 0 unspecified atom stereocenters. The zero-order valence-corrected chi connectivity index (χ0v) is 28.7. The van der Waals surface area contributed by atoms with Crippen LogP contribution in [0.15, 0.2) is 200 Å². The van der Waals surface area contributed by atoms with Crippen LogP contribution in [0.4, 0.5) is 17.1 Å². The van der Waals surface area contributed by atoms with Gasteiger partial charge in [-0.1, -0.05) is 158 Å². The summed E-state index contributed by atoms with van der Waals surface area (Å²) >= 11 is 0. The summed E-state index contributed by atoms with van der Waals surface area (Å²) in [6.07, 6.45) is 0. The van der Waals surface area contributed by atoms with Crippen molar-refractivity contribution in [3.8, 4) is 11.3 Å². The third-order valence-electron chi connectivity index (χ3n) is 9.68. The second-order valence-electron chi connectivity index (χ2n) is 12.7. The third kappa shape index (κ3) is 5.31. The molecule has 4 heteroatoms. The Morgan fingerprint density at radius 3 is 1.57 bits per heavy atom. The summed E-state index contributed by atoms with van der Waals surface area (Å²) in [4.78, 5) is 7.60. The zero-order chi connectivity index (χ0) is 34.2. The number of hydrogen-bond donors (Lipinski definition) is 0. The van der Waals surface area contributed by atoms with Crippen molar-refractivity contribution in [1.29, 1.82) is 0 Å². The lowest BCUT2D eigenvalue weighted by molar-refractivity contribution is 0.592.